The molecule has 1 fully saturated rings. The van der Waals surface area contributed by atoms with Crippen molar-refractivity contribution in [2.24, 2.45) is 5.92 Å². The zero-order valence-electron chi connectivity index (χ0n) is 21.7. The number of anilines is 2. The van der Waals surface area contributed by atoms with E-state index < -0.39 is 6.04 Å². The highest BCUT2D eigenvalue weighted by atomic mass is 16.5. The number of hydrogen-bond acceptors (Lipinski definition) is 7. The maximum absolute atomic E-state index is 14.0. The maximum Gasteiger partial charge on any atom is 0.231 e. The molecule has 2 heterocycles. The van der Waals surface area contributed by atoms with Gasteiger partial charge < -0.3 is 23.9 Å². The Morgan fingerprint density at radius 1 is 0.974 bits per heavy atom. The van der Waals surface area contributed by atoms with Gasteiger partial charge in [0.15, 0.2) is 17.3 Å². The smallest absolute Gasteiger partial charge is 0.231 e. The minimum Gasteiger partial charge on any atom is -0.493 e. The van der Waals surface area contributed by atoms with Gasteiger partial charge in [-0.05, 0) is 61.2 Å². The molecule has 196 valence electrons. The lowest BCUT2D eigenvalue weighted by atomic mass is 9.80. The first kappa shape index (κ1) is 24.2. The molecule has 1 saturated carbocycles. The summed E-state index contributed by atoms with van der Waals surface area (Å²) < 4.78 is 22.6. The lowest BCUT2D eigenvalue weighted by Crippen LogP contribution is -2.39. The molecule has 0 spiro atoms. The Kier molecular flexibility index (Phi) is 6.10. The number of ether oxygens (including phenoxy) is 3. The molecule has 0 unspecified atom stereocenters. The minimum atomic E-state index is -0.673. The molecule has 8 heteroatoms. The number of Topliss-reactive ketones (excluding diaryl/α,β-unsaturated/α-hetero) is 1. The summed E-state index contributed by atoms with van der Waals surface area (Å²) in [6, 6.07) is 14.5. The maximum atomic E-state index is 14.0. The average molecular weight is 515 g/mol. The number of hydrogen-bond donors (Lipinski definition) is 1. The standard InChI is InChI=1S/C30H30N2O6/c1-35-25-15-19(16-26(36-2)29(25)37-3)28-27-21(13-18(14-23(27)33)24-9-6-12-38-24)31-20-7-4-5-8-22(20)32(28)30(34)17-10-11-17/h4-9,12,15-18,28,31H,10-11,13-14H2,1-3H3/t18-,28+/m1/s1. The zero-order chi connectivity index (χ0) is 26.4. The molecule has 1 aliphatic heterocycles. The topological polar surface area (TPSA) is 90.2 Å². The third-order valence-corrected chi connectivity index (χ3v) is 7.60. The van der Waals surface area contributed by atoms with Crippen molar-refractivity contribution in [2.75, 3.05) is 31.5 Å². The van der Waals surface area contributed by atoms with Crippen LogP contribution >= 0.6 is 0 Å². The van der Waals surface area contributed by atoms with Crippen molar-refractivity contribution in [1.82, 2.24) is 0 Å². The van der Waals surface area contributed by atoms with Gasteiger partial charge in [-0.3, -0.25) is 14.5 Å². The Labute approximate surface area is 221 Å². The molecule has 1 N–H and O–H groups in total. The fourth-order valence-corrected chi connectivity index (χ4v) is 5.66. The Hall–Kier alpha value is -4.20. The number of benzene rings is 2. The van der Waals surface area contributed by atoms with Gasteiger partial charge >= 0.3 is 0 Å². The highest BCUT2D eigenvalue weighted by molar-refractivity contribution is 6.07. The van der Waals surface area contributed by atoms with E-state index in [4.69, 9.17) is 18.6 Å². The van der Waals surface area contributed by atoms with Crippen LogP contribution in [0, 0.1) is 5.92 Å². The fraction of sp³-hybridized carbons (Fsp3) is 0.333. The van der Waals surface area contributed by atoms with Crippen LogP contribution in [0.4, 0.5) is 11.4 Å². The van der Waals surface area contributed by atoms with Crippen molar-refractivity contribution in [1.29, 1.82) is 0 Å². The van der Waals surface area contributed by atoms with Crippen LogP contribution in [0.5, 0.6) is 17.2 Å². The van der Waals surface area contributed by atoms with Crippen LogP contribution in [0.1, 0.15) is 49.0 Å². The Balaban J connectivity index is 1.59. The van der Waals surface area contributed by atoms with E-state index in [0.717, 1.165) is 35.7 Å². The number of nitrogens with zero attached hydrogens (tertiary/aromatic N) is 1. The van der Waals surface area contributed by atoms with Gasteiger partial charge in [0.1, 0.15) is 5.76 Å². The minimum absolute atomic E-state index is 0.00714. The van der Waals surface area contributed by atoms with Crippen LogP contribution in [0.15, 0.2) is 70.5 Å². The van der Waals surface area contributed by atoms with Gasteiger partial charge in [0.05, 0.1) is 45.0 Å². The molecule has 3 aliphatic rings. The predicted octanol–water partition coefficient (Wildman–Crippen LogP) is 5.62. The predicted molar refractivity (Wildman–Crippen MR) is 142 cm³/mol. The summed E-state index contributed by atoms with van der Waals surface area (Å²) in [6.07, 6.45) is 4.18. The first-order chi connectivity index (χ1) is 18.5. The van der Waals surface area contributed by atoms with E-state index in [1.54, 1.807) is 32.5 Å². The van der Waals surface area contributed by atoms with Crippen molar-refractivity contribution in [3.63, 3.8) is 0 Å². The second kappa shape index (κ2) is 9.59. The van der Waals surface area contributed by atoms with E-state index in [2.05, 4.69) is 5.32 Å². The van der Waals surface area contributed by atoms with Gasteiger partial charge in [-0.1, -0.05) is 12.1 Å². The fourth-order valence-electron chi connectivity index (χ4n) is 5.66. The number of allylic oxidation sites excluding steroid dienone is 1. The number of methoxy groups -OCH3 is 3. The van der Waals surface area contributed by atoms with Gasteiger partial charge in [-0.25, -0.2) is 0 Å². The highest BCUT2D eigenvalue weighted by Crippen LogP contribution is 2.51. The quantitative estimate of drug-likeness (QED) is 0.457. The number of nitrogens with one attached hydrogen (secondary N) is 1. The summed E-state index contributed by atoms with van der Waals surface area (Å²) in [6.45, 7) is 0. The lowest BCUT2D eigenvalue weighted by molar-refractivity contribution is -0.120. The number of amides is 1. The first-order valence-corrected chi connectivity index (χ1v) is 12.8. The number of carbonyl (C=O) groups excluding carboxylic acids is 2. The molecule has 0 radical (unpaired) electrons. The molecule has 2 aromatic carbocycles. The molecule has 6 rings (SSSR count). The lowest BCUT2D eigenvalue weighted by Gasteiger charge is -2.35. The van der Waals surface area contributed by atoms with Gasteiger partial charge in [0, 0.05) is 29.5 Å². The molecule has 1 amide bonds. The van der Waals surface area contributed by atoms with E-state index >= 15 is 0 Å². The molecule has 0 saturated heterocycles. The average Bonchev–Trinajstić information content (AvgIpc) is 3.67. The molecule has 3 aromatic rings. The number of furan rings is 1. The van der Waals surface area contributed by atoms with Gasteiger partial charge in [0.25, 0.3) is 0 Å². The first-order valence-electron chi connectivity index (χ1n) is 12.8. The number of carbonyl (C=O) groups is 2. The van der Waals surface area contributed by atoms with Crippen LogP contribution in [0.2, 0.25) is 0 Å². The number of para-hydroxylation sites is 2. The number of ketones is 1. The van der Waals surface area contributed by atoms with E-state index in [0.29, 0.717) is 34.8 Å². The Morgan fingerprint density at radius 2 is 1.71 bits per heavy atom. The van der Waals surface area contributed by atoms with Crippen LogP contribution < -0.4 is 24.4 Å². The van der Waals surface area contributed by atoms with Gasteiger partial charge in [-0.15, -0.1) is 0 Å². The molecule has 8 nitrogen and oxygen atoms in total. The second-order valence-electron chi connectivity index (χ2n) is 9.92. The van der Waals surface area contributed by atoms with Crippen LogP contribution in [0.3, 0.4) is 0 Å². The van der Waals surface area contributed by atoms with E-state index in [-0.39, 0.29) is 29.9 Å². The normalized spacial score (nSPS) is 20.7. The second-order valence-corrected chi connectivity index (χ2v) is 9.92. The highest BCUT2D eigenvalue weighted by Gasteiger charge is 2.45. The van der Waals surface area contributed by atoms with Gasteiger partial charge in [0.2, 0.25) is 11.7 Å². The van der Waals surface area contributed by atoms with Crippen molar-refractivity contribution >= 4 is 23.1 Å². The third kappa shape index (κ3) is 4.00. The van der Waals surface area contributed by atoms with E-state index in [1.165, 1.54) is 0 Å². The van der Waals surface area contributed by atoms with Crippen molar-refractivity contribution < 1.29 is 28.2 Å². The SMILES string of the molecule is COc1cc([C@H]2C3=C(C[C@@H](c4ccco4)CC3=O)Nc3ccccc3N2C(=O)C2CC2)cc(OC)c1OC. The molecular formula is C30H30N2O6. The molecule has 0 bridgehead atoms. The summed E-state index contributed by atoms with van der Waals surface area (Å²) in [4.78, 5) is 29.8. The Morgan fingerprint density at radius 3 is 2.34 bits per heavy atom. The largest absolute Gasteiger partial charge is 0.493 e. The summed E-state index contributed by atoms with van der Waals surface area (Å²) in [5.41, 5.74) is 3.60. The summed E-state index contributed by atoms with van der Waals surface area (Å²) in [5.74, 6) is 1.97. The van der Waals surface area contributed by atoms with Crippen LogP contribution in [-0.4, -0.2) is 33.0 Å². The molecule has 38 heavy (non-hydrogen) atoms. The Bertz CT molecular complexity index is 1400. The number of rotatable bonds is 6. The molecule has 2 aliphatic carbocycles. The third-order valence-electron chi connectivity index (χ3n) is 7.60. The van der Waals surface area contributed by atoms with Crippen LogP contribution in [0.25, 0.3) is 0 Å². The van der Waals surface area contributed by atoms with Crippen molar-refractivity contribution in [3.05, 3.63) is 77.4 Å². The van der Waals surface area contributed by atoms with Gasteiger partial charge in [-0.2, -0.15) is 0 Å². The summed E-state index contributed by atoms with van der Waals surface area (Å²) in [5, 5.41) is 3.54. The summed E-state index contributed by atoms with van der Waals surface area (Å²) in [7, 11) is 4.67. The zero-order valence-corrected chi connectivity index (χ0v) is 21.7. The van der Waals surface area contributed by atoms with E-state index in [9.17, 15) is 9.59 Å². The van der Waals surface area contributed by atoms with Crippen molar-refractivity contribution in [3.8, 4) is 17.2 Å². The van der Waals surface area contributed by atoms with Crippen LogP contribution in [-0.2, 0) is 9.59 Å². The van der Waals surface area contributed by atoms with E-state index in [1.807, 2.05) is 48.5 Å². The monoisotopic (exact) mass is 514 g/mol. The molecular weight excluding hydrogens is 484 g/mol. The van der Waals surface area contributed by atoms with Crippen molar-refractivity contribution in [2.45, 2.75) is 37.6 Å². The summed E-state index contributed by atoms with van der Waals surface area (Å²) >= 11 is 0. The molecule has 2 atom stereocenters. The molecule has 1 aromatic heterocycles. The number of fused-ring (bicyclic) bond motifs is 1.